The number of aryl methyl sites for hydroxylation is 1. The minimum atomic E-state index is -0.597. The molecule has 9 heteroatoms. The lowest BCUT2D eigenvalue weighted by atomic mass is 10.1. The lowest BCUT2D eigenvalue weighted by Gasteiger charge is -2.26. The van der Waals surface area contributed by atoms with E-state index in [1.807, 2.05) is 13.0 Å². The van der Waals surface area contributed by atoms with Crippen LogP contribution in [0.2, 0.25) is 0 Å². The van der Waals surface area contributed by atoms with E-state index < -0.39 is 11.0 Å². The average Bonchev–Trinajstić information content (AvgIpc) is 3.27. The molecular weight excluding hydrogens is 414 g/mol. The first-order chi connectivity index (χ1) is 15.3. The molecule has 1 fully saturated rings. The fourth-order valence-corrected chi connectivity index (χ4v) is 3.96. The van der Waals surface area contributed by atoms with Crippen LogP contribution in [0.25, 0.3) is 0 Å². The molecule has 0 radical (unpaired) electrons. The molecule has 1 aliphatic heterocycles. The number of ether oxygens (including phenoxy) is 2. The predicted octanol–water partition coefficient (Wildman–Crippen LogP) is 3.40. The van der Waals surface area contributed by atoms with Crippen molar-refractivity contribution in [1.29, 1.82) is 0 Å². The molecule has 1 aliphatic rings. The molecule has 3 rings (SSSR count). The van der Waals surface area contributed by atoms with E-state index >= 15 is 0 Å². The van der Waals surface area contributed by atoms with Gasteiger partial charge in [0.05, 0.1) is 25.2 Å². The summed E-state index contributed by atoms with van der Waals surface area (Å²) in [6.45, 7) is 3.91. The molecule has 2 atom stereocenters. The zero-order valence-electron chi connectivity index (χ0n) is 18.6. The summed E-state index contributed by atoms with van der Waals surface area (Å²) in [4.78, 5) is 38.2. The average molecular weight is 441 g/mol. The van der Waals surface area contributed by atoms with Crippen molar-refractivity contribution in [3.05, 3.63) is 63.2 Å². The first-order valence-electron chi connectivity index (χ1n) is 10.3. The summed E-state index contributed by atoms with van der Waals surface area (Å²) in [7, 11) is 3.10. The van der Waals surface area contributed by atoms with Gasteiger partial charge in [-0.1, -0.05) is 6.07 Å². The van der Waals surface area contributed by atoms with Gasteiger partial charge in [-0.3, -0.25) is 19.7 Å². The van der Waals surface area contributed by atoms with Crippen molar-refractivity contribution in [2.45, 2.75) is 38.8 Å². The third-order valence-corrected chi connectivity index (χ3v) is 5.72. The Bertz CT molecular complexity index is 1040. The van der Waals surface area contributed by atoms with Gasteiger partial charge < -0.3 is 19.7 Å². The summed E-state index contributed by atoms with van der Waals surface area (Å²) in [6, 6.07) is 8.80. The number of nitro benzene ring substituents is 1. The van der Waals surface area contributed by atoms with Gasteiger partial charge in [0, 0.05) is 23.7 Å². The number of carbonyl (C=O) groups is 2. The van der Waals surface area contributed by atoms with Crippen LogP contribution in [-0.4, -0.2) is 48.4 Å². The molecule has 2 aromatic carbocycles. The summed E-state index contributed by atoms with van der Waals surface area (Å²) in [5.41, 5.74) is 1.54. The Labute approximate surface area is 186 Å². The fourth-order valence-electron chi connectivity index (χ4n) is 3.96. The lowest BCUT2D eigenvalue weighted by molar-refractivity contribution is -0.385. The Kier molecular flexibility index (Phi) is 6.97. The molecule has 0 saturated carbocycles. The Morgan fingerprint density at radius 3 is 2.50 bits per heavy atom. The molecule has 0 aliphatic carbocycles. The van der Waals surface area contributed by atoms with E-state index in [0.29, 0.717) is 42.0 Å². The van der Waals surface area contributed by atoms with Crippen molar-refractivity contribution in [2.75, 3.05) is 20.8 Å². The Morgan fingerprint density at radius 1 is 1.16 bits per heavy atom. The van der Waals surface area contributed by atoms with Crippen LogP contribution in [0.15, 0.2) is 36.4 Å². The number of amides is 2. The molecule has 2 amide bonds. The number of nitro groups is 1. The highest BCUT2D eigenvalue weighted by molar-refractivity contribution is 5.98. The van der Waals surface area contributed by atoms with E-state index in [0.717, 1.165) is 5.56 Å². The Balaban J connectivity index is 1.73. The number of hydrogen-bond acceptors (Lipinski definition) is 6. The molecule has 0 spiro atoms. The quantitative estimate of drug-likeness (QED) is 0.521. The number of likely N-dealkylation sites (tertiary alicyclic amines) is 1. The molecule has 1 heterocycles. The van der Waals surface area contributed by atoms with Crippen molar-refractivity contribution in [3.8, 4) is 11.5 Å². The second-order valence-electron chi connectivity index (χ2n) is 7.76. The van der Waals surface area contributed by atoms with Gasteiger partial charge in [0.25, 0.3) is 11.6 Å². The Morgan fingerprint density at radius 2 is 1.88 bits per heavy atom. The van der Waals surface area contributed by atoms with Crippen molar-refractivity contribution in [1.82, 2.24) is 10.2 Å². The SMILES string of the molecule is COc1ccc(C(C)NC(=O)C2CCCN2C(=O)c2ccc([N+](=O)[O-])c(C)c2)cc1OC. The predicted molar refractivity (Wildman–Crippen MR) is 118 cm³/mol. The molecule has 2 unspecified atom stereocenters. The number of methoxy groups -OCH3 is 2. The maximum atomic E-state index is 13.1. The molecule has 0 bridgehead atoms. The third kappa shape index (κ3) is 4.66. The fraction of sp³-hybridized carbons (Fsp3) is 0.391. The number of carbonyl (C=O) groups excluding carboxylic acids is 2. The molecule has 2 aromatic rings. The normalized spacial score (nSPS) is 16.4. The maximum Gasteiger partial charge on any atom is 0.272 e. The molecule has 1 saturated heterocycles. The lowest BCUT2D eigenvalue weighted by Crippen LogP contribution is -2.46. The van der Waals surface area contributed by atoms with E-state index in [1.54, 1.807) is 33.3 Å². The van der Waals surface area contributed by atoms with Crippen LogP contribution in [-0.2, 0) is 4.79 Å². The van der Waals surface area contributed by atoms with Crippen LogP contribution in [0.1, 0.15) is 47.3 Å². The first-order valence-corrected chi connectivity index (χ1v) is 10.3. The van der Waals surface area contributed by atoms with Gasteiger partial charge in [0.1, 0.15) is 6.04 Å². The second kappa shape index (κ2) is 9.67. The highest BCUT2D eigenvalue weighted by Crippen LogP contribution is 2.30. The van der Waals surface area contributed by atoms with Crippen LogP contribution in [0.5, 0.6) is 11.5 Å². The van der Waals surface area contributed by atoms with Gasteiger partial charge >= 0.3 is 0 Å². The summed E-state index contributed by atoms with van der Waals surface area (Å²) in [6.07, 6.45) is 1.27. The summed E-state index contributed by atoms with van der Waals surface area (Å²) >= 11 is 0. The molecular formula is C23H27N3O6. The van der Waals surface area contributed by atoms with Crippen molar-refractivity contribution < 1.29 is 24.0 Å². The molecule has 32 heavy (non-hydrogen) atoms. The van der Waals surface area contributed by atoms with Gasteiger partial charge in [0.15, 0.2) is 11.5 Å². The van der Waals surface area contributed by atoms with E-state index in [2.05, 4.69) is 5.32 Å². The highest BCUT2D eigenvalue weighted by atomic mass is 16.6. The monoisotopic (exact) mass is 441 g/mol. The maximum absolute atomic E-state index is 13.1. The van der Waals surface area contributed by atoms with Gasteiger partial charge in [0.2, 0.25) is 5.91 Å². The van der Waals surface area contributed by atoms with Crippen molar-refractivity contribution in [2.24, 2.45) is 0 Å². The number of nitrogens with one attached hydrogen (secondary N) is 1. The van der Waals surface area contributed by atoms with Crippen LogP contribution >= 0.6 is 0 Å². The van der Waals surface area contributed by atoms with Crippen LogP contribution < -0.4 is 14.8 Å². The van der Waals surface area contributed by atoms with E-state index in [4.69, 9.17) is 9.47 Å². The smallest absolute Gasteiger partial charge is 0.272 e. The van der Waals surface area contributed by atoms with Crippen molar-refractivity contribution in [3.63, 3.8) is 0 Å². The van der Waals surface area contributed by atoms with E-state index in [-0.39, 0.29) is 23.5 Å². The van der Waals surface area contributed by atoms with Crippen molar-refractivity contribution >= 4 is 17.5 Å². The van der Waals surface area contributed by atoms with E-state index in [9.17, 15) is 19.7 Å². The minimum Gasteiger partial charge on any atom is -0.493 e. The van der Waals surface area contributed by atoms with Crippen LogP contribution in [0.4, 0.5) is 5.69 Å². The van der Waals surface area contributed by atoms with Gasteiger partial charge in [-0.2, -0.15) is 0 Å². The second-order valence-corrected chi connectivity index (χ2v) is 7.76. The molecule has 1 N–H and O–H groups in total. The molecule has 9 nitrogen and oxygen atoms in total. The molecule has 0 aromatic heterocycles. The van der Waals surface area contributed by atoms with Crippen LogP contribution in [0.3, 0.4) is 0 Å². The third-order valence-electron chi connectivity index (χ3n) is 5.72. The minimum absolute atomic E-state index is 0.0407. The summed E-state index contributed by atoms with van der Waals surface area (Å²) in [5.74, 6) is 0.620. The summed E-state index contributed by atoms with van der Waals surface area (Å²) < 4.78 is 10.6. The number of benzene rings is 2. The Hall–Kier alpha value is -3.62. The number of rotatable bonds is 7. The topological polar surface area (TPSA) is 111 Å². The number of nitrogens with zero attached hydrogens (tertiary/aromatic N) is 2. The largest absolute Gasteiger partial charge is 0.493 e. The zero-order chi connectivity index (χ0) is 23.4. The van der Waals surface area contributed by atoms with Gasteiger partial charge in [-0.05, 0) is 56.5 Å². The zero-order valence-corrected chi connectivity index (χ0v) is 18.6. The van der Waals surface area contributed by atoms with Crippen LogP contribution in [0, 0.1) is 17.0 Å². The standard InChI is InChI=1S/C23H27N3O6/c1-14-12-17(7-9-18(14)26(29)30)23(28)25-11-5-6-19(25)22(27)24-15(2)16-8-10-20(31-3)21(13-16)32-4/h7-10,12-13,15,19H,5-6,11H2,1-4H3,(H,24,27). The van der Waals surface area contributed by atoms with Gasteiger partial charge in [-0.25, -0.2) is 0 Å². The summed E-state index contributed by atoms with van der Waals surface area (Å²) in [5, 5.41) is 14.0. The van der Waals surface area contributed by atoms with E-state index in [1.165, 1.54) is 23.1 Å². The number of hydrogen-bond donors (Lipinski definition) is 1. The molecule has 170 valence electrons. The first kappa shape index (κ1) is 23.1. The highest BCUT2D eigenvalue weighted by Gasteiger charge is 2.35. The van der Waals surface area contributed by atoms with Gasteiger partial charge in [-0.15, -0.1) is 0 Å².